The Morgan fingerprint density at radius 3 is 2.31 bits per heavy atom. The van der Waals surface area contributed by atoms with Crippen LogP contribution in [0.25, 0.3) is 0 Å². The van der Waals surface area contributed by atoms with Crippen LogP contribution in [0.4, 0.5) is 0 Å². The maximum Gasteiger partial charge on any atom is 0.312 e. The Kier molecular flexibility index (Phi) is 4.36. The van der Waals surface area contributed by atoms with E-state index in [1.54, 1.807) is 0 Å². The van der Waals surface area contributed by atoms with Gasteiger partial charge in [0.2, 0.25) is 0 Å². The van der Waals surface area contributed by atoms with Crippen molar-refractivity contribution in [2.24, 2.45) is 5.41 Å². The van der Waals surface area contributed by atoms with E-state index >= 15 is 0 Å². The van der Waals surface area contributed by atoms with Crippen molar-refractivity contribution < 1.29 is 14.3 Å². The fraction of sp³-hybridized carbons (Fsp3) is 0.923. The number of ether oxygens (including phenoxy) is 2. The van der Waals surface area contributed by atoms with Crippen LogP contribution in [0, 0.1) is 5.41 Å². The number of hydrogen-bond acceptors (Lipinski definition) is 3. The van der Waals surface area contributed by atoms with E-state index in [1.807, 2.05) is 20.8 Å². The molecular weight excluding hydrogens is 204 g/mol. The number of carbonyl (C=O) groups excluding carboxylic acids is 1. The van der Waals surface area contributed by atoms with Crippen molar-refractivity contribution in [3.63, 3.8) is 0 Å². The van der Waals surface area contributed by atoms with E-state index < -0.39 is 5.60 Å². The molecule has 0 unspecified atom stereocenters. The van der Waals surface area contributed by atoms with Gasteiger partial charge in [-0.1, -0.05) is 13.3 Å². The average Bonchev–Trinajstić information content (AvgIpc) is 2.17. The van der Waals surface area contributed by atoms with Crippen LogP contribution in [-0.2, 0) is 14.3 Å². The van der Waals surface area contributed by atoms with E-state index in [-0.39, 0.29) is 11.4 Å². The number of hydrogen-bond donors (Lipinski definition) is 0. The molecule has 0 amide bonds. The Labute approximate surface area is 98.5 Å². The van der Waals surface area contributed by atoms with E-state index in [2.05, 4.69) is 6.92 Å². The highest BCUT2D eigenvalue weighted by molar-refractivity contribution is 5.77. The predicted octanol–water partition coefficient (Wildman–Crippen LogP) is 2.93. The van der Waals surface area contributed by atoms with Gasteiger partial charge in [-0.2, -0.15) is 0 Å². The molecule has 94 valence electrons. The Bertz CT molecular complexity index is 229. The van der Waals surface area contributed by atoms with Crippen LogP contribution in [0.5, 0.6) is 0 Å². The summed E-state index contributed by atoms with van der Waals surface area (Å²) in [5.74, 6) is -0.0369. The van der Waals surface area contributed by atoms with E-state index in [0.717, 1.165) is 25.7 Å². The second kappa shape index (κ2) is 5.17. The van der Waals surface area contributed by atoms with Gasteiger partial charge in [-0.25, -0.2) is 0 Å². The summed E-state index contributed by atoms with van der Waals surface area (Å²) in [7, 11) is 0. The lowest BCUT2D eigenvalue weighted by Gasteiger charge is -2.37. The molecule has 1 aliphatic rings. The largest absolute Gasteiger partial charge is 0.460 e. The second-order valence-corrected chi connectivity index (χ2v) is 5.64. The summed E-state index contributed by atoms with van der Waals surface area (Å²) >= 11 is 0. The molecule has 1 heterocycles. The zero-order valence-electron chi connectivity index (χ0n) is 11.0. The molecule has 0 aromatic carbocycles. The lowest BCUT2D eigenvalue weighted by Crippen LogP contribution is -2.41. The fourth-order valence-electron chi connectivity index (χ4n) is 2.18. The molecule has 0 aliphatic carbocycles. The van der Waals surface area contributed by atoms with Crippen molar-refractivity contribution in [3.05, 3.63) is 0 Å². The van der Waals surface area contributed by atoms with E-state index in [4.69, 9.17) is 9.47 Å². The zero-order chi connectivity index (χ0) is 12.2. The van der Waals surface area contributed by atoms with Gasteiger partial charge in [-0.15, -0.1) is 0 Å². The smallest absolute Gasteiger partial charge is 0.312 e. The highest BCUT2D eigenvalue weighted by Crippen LogP contribution is 2.37. The number of carbonyl (C=O) groups is 1. The first-order chi connectivity index (χ1) is 7.40. The third-order valence-electron chi connectivity index (χ3n) is 3.01. The Morgan fingerprint density at radius 1 is 1.31 bits per heavy atom. The van der Waals surface area contributed by atoms with Gasteiger partial charge in [0.15, 0.2) is 0 Å². The van der Waals surface area contributed by atoms with Crippen LogP contribution in [0.2, 0.25) is 0 Å². The van der Waals surface area contributed by atoms with Gasteiger partial charge in [-0.3, -0.25) is 4.79 Å². The summed E-state index contributed by atoms with van der Waals surface area (Å²) in [4.78, 5) is 12.2. The molecule has 3 heteroatoms. The van der Waals surface area contributed by atoms with Gasteiger partial charge in [0.25, 0.3) is 0 Å². The van der Waals surface area contributed by atoms with E-state index in [1.165, 1.54) is 0 Å². The first-order valence-electron chi connectivity index (χ1n) is 6.21. The molecule has 0 aromatic rings. The quantitative estimate of drug-likeness (QED) is 0.697. The van der Waals surface area contributed by atoms with Gasteiger partial charge in [0, 0.05) is 13.2 Å². The monoisotopic (exact) mass is 228 g/mol. The predicted molar refractivity (Wildman–Crippen MR) is 63.2 cm³/mol. The number of esters is 1. The van der Waals surface area contributed by atoms with Gasteiger partial charge >= 0.3 is 5.97 Å². The van der Waals surface area contributed by atoms with Crippen LogP contribution >= 0.6 is 0 Å². The standard InChI is InChI=1S/C13H24O3/c1-5-6-13(7-9-15-10-8-13)11(14)16-12(2,3)4/h5-10H2,1-4H3. The summed E-state index contributed by atoms with van der Waals surface area (Å²) < 4.78 is 10.9. The van der Waals surface area contributed by atoms with E-state index in [9.17, 15) is 4.79 Å². The molecule has 1 rings (SSSR count). The van der Waals surface area contributed by atoms with Crippen LogP contribution < -0.4 is 0 Å². The normalized spacial score (nSPS) is 20.5. The number of rotatable bonds is 3. The van der Waals surface area contributed by atoms with Crippen LogP contribution in [0.15, 0.2) is 0 Å². The van der Waals surface area contributed by atoms with Gasteiger partial charge in [-0.05, 0) is 40.0 Å². The molecule has 0 bridgehead atoms. The van der Waals surface area contributed by atoms with Gasteiger partial charge in [0.1, 0.15) is 5.60 Å². The minimum Gasteiger partial charge on any atom is -0.460 e. The van der Waals surface area contributed by atoms with Crippen molar-refractivity contribution >= 4 is 5.97 Å². The van der Waals surface area contributed by atoms with Crippen LogP contribution in [-0.4, -0.2) is 24.8 Å². The summed E-state index contributed by atoms with van der Waals surface area (Å²) in [6.07, 6.45) is 3.52. The molecule has 3 nitrogen and oxygen atoms in total. The third kappa shape index (κ3) is 3.48. The van der Waals surface area contributed by atoms with Crippen molar-refractivity contribution in [2.45, 2.75) is 59.0 Å². The summed E-state index contributed by atoms with van der Waals surface area (Å²) in [6, 6.07) is 0. The molecular formula is C13H24O3. The van der Waals surface area contributed by atoms with Crippen molar-refractivity contribution in [3.8, 4) is 0 Å². The SMILES string of the molecule is CCCC1(C(=O)OC(C)(C)C)CCOCC1. The van der Waals surface area contributed by atoms with E-state index in [0.29, 0.717) is 13.2 Å². The molecule has 0 radical (unpaired) electrons. The average molecular weight is 228 g/mol. The lowest BCUT2D eigenvalue weighted by molar-refractivity contribution is -0.174. The fourth-order valence-corrected chi connectivity index (χ4v) is 2.18. The highest BCUT2D eigenvalue weighted by atomic mass is 16.6. The second-order valence-electron chi connectivity index (χ2n) is 5.64. The maximum absolute atomic E-state index is 12.2. The minimum absolute atomic E-state index is 0.0369. The van der Waals surface area contributed by atoms with Crippen molar-refractivity contribution in [1.82, 2.24) is 0 Å². The molecule has 1 aliphatic heterocycles. The Hall–Kier alpha value is -0.570. The summed E-state index contributed by atoms with van der Waals surface area (Å²) in [6.45, 7) is 9.23. The molecule has 16 heavy (non-hydrogen) atoms. The van der Waals surface area contributed by atoms with Crippen molar-refractivity contribution in [1.29, 1.82) is 0 Å². The van der Waals surface area contributed by atoms with Crippen LogP contribution in [0.3, 0.4) is 0 Å². The molecule has 0 N–H and O–H groups in total. The topological polar surface area (TPSA) is 35.5 Å². The van der Waals surface area contributed by atoms with Gasteiger partial charge in [0.05, 0.1) is 5.41 Å². The summed E-state index contributed by atoms with van der Waals surface area (Å²) in [5, 5.41) is 0. The Balaban J connectivity index is 2.72. The summed E-state index contributed by atoms with van der Waals surface area (Å²) in [5.41, 5.74) is -0.684. The lowest BCUT2D eigenvalue weighted by atomic mass is 9.76. The van der Waals surface area contributed by atoms with Gasteiger partial charge < -0.3 is 9.47 Å². The maximum atomic E-state index is 12.2. The molecule has 0 aromatic heterocycles. The molecule has 0 atom stereocenters. The van der Waals surface area contributed by atoms with Crippen LogP contribution in [0.1, 0.15) is 53.4 Å². The minimum atomic E-state index is -0.393. The highest BCUT2D eigenvalue weighted by Gasteiger charge is 2.42. The molecule has 0 spiro atoms. The molecule has 1 saturated heterocycles. The first-order valence-corrected chi connectivity index (χ1v) is 6.21. The zero-order valence-corrected chi connectivity index (χ0v) is 11.0. The first kappa shape index (κ1) is 13.5. The van der Waals surface area contributed by atoms with Crippen molar-refractivity contribution in [2.75, 3.05) is 13.2 Å². The molecule has 1 fully saturated rings. The Morgan fingerprint density at radius 2 is 1.88 bits per heavy atom. The molecule has 0 saturated carbocycles. The third-order valence-corrected chi connectivity index (χ3v) is 3.01.